The van der Waals surface area contributed by atoms with Gasteiger partial charge in [-0.1, -0.05) is 12.1 Å². The lowest BCUT2D eigenvalue weighted by molar-refractivity contribution is 0.229. The Balaban J connectivity index is 2.07. The number of allylic oxidation sites excluding steroid dienone is 1. The van der Waals surface area contributed by atoms with Crippen molar-refractivity contribution in [1.29, 1.82) is 0 Å². The molecule has 1 aromatic rings. The molecule has 1 aliphatic carbocycles. The van der Waals surface area contributed by atoms with Crippen LogP contribution in [-0.4, -0.2) is 6.10 Å². The fraction of sp³-hybridized carbons (Fsp3) is 0.385. The van der Waals surface area contributed by atoms with Gasteiger partial charge in [0, 0.05) is 6.07 Å². The van der Waals surface area contributed by atoms with Crippen molar-refractivity contribution in [2.75, 3.05) is 0 Å². The molecule has 1 nitrogen and oxygen atoms in total. The number of hydrogen-bond donors (Lipinski definition) is 0. The van der Waals surface area contributed by atoms with Crippen molar-refractivity contribution in [3.05, 3.63) is 41.7 Å². The van der Waals surface area contributed by atoms with E-state index >= 15 is 0 Å². The SMILES string of the molecule is Cc1ccc(OC2C=CCCC2)cc1F. The summed E-state index contributed by atoms with van der Waals surface area (Å²) in [4.78, 5) is 0. The quantitative estimate of drug-likeness (QED) is 0.671. The minimum Gasteiger partial charge on any atom is -0.486 e. The minimum atomic E-state index is -0.202. The molecule has 0 saturated heterocycles. The third-order valence-electron chi connectivity index (χ3n) is 2.64. The van der Waals surface area contributed by atoms with Crippen molar-refractivity contribution in [3.8, 4) is 5.75 Å². The van der Waals surface area contributed by atoms with E-state index in [1.54, 1.807) is 13.0 Å². The molecular weight excluding hydrogens is 191 g/mol. The first-order valence-electron chi connectivity index (χ1n) is 5.35. The third kappa shape index (κ3) is 2.58. The highest BCUT2D eigenvalue weighted by Crippen LogP contribution is 2.21. The topological polar surface area (TPSA) is 9.23 Å². The number of ether oxygens (including phenoxy) is 1. The average molecular weight is 206 g/mol. The van der Waals surface area contributed by atoms with Crippen LogP contribution in [0.15, 0.2) is 30.4 Å². The molecule has 0 aromatic heterocycles. The summed E-state index contributed by atoms with van der Waals surface area (Å²) in [5.41, 5.74) is 0.654. The highest BCUT2D eigenvalue weighted by Gasteiger charge is 2.10. The molecule has 0 spiro atoms. The molecule has 0 bridgehead atoms. The largest absolute Gasteiger partial charge is 0.486 e. The first-order chi connectivity index (χ1) is 7.25. The van der Waals surface area contributed by atoms with Crippen molar-refractivity contribution in [1.82, 2.24) is 0 Å². The van der Waals surface area contributed by atoms with Crippen LogP contribution < -0.4 is 4.74 Å². The van der Waals surface area contributed by atoms with E-state index in [-0.39, 0.29) is 11.9 Å². The second-order valence-electron chi connectivity index (χ2n) is 3.93. The molecule has 2 heteroatoms. The molecule has 80 valence electrons. The van der Waals surface area contributed by atoms with Gasteiger partial charge in [-0.3, -0.25) is 0 Å². The van der Waals surface area contributed by atoms with Crippen molar-refractivity contribution < 1.29 is 9.13 Å². The second-order valence-corrected chi connectivity index (χ2v) is 3.93. The normalized spacial score (nSPS) is 20.3. The predicted octanol–water partition coefficient (Wildman–Crippen LogP) is 3.62. The van der Waals surface area contributed by atoms with E-state index in [1.807, 2.05) is 6.07 Å². The van der Waals surface area contributed by atoms with Gasteiger partial charge in [0.2, 0.25) is 0 Å². The number of aryl methyl sites for hydroxylation is 1. The lowest BCUT2D eigenvalue weighted by Crippen LogP contribution is -2.15. The Morgan fingerprint density at radius 2 is 2.27 bits per heavy atom. The van der Waals surface area contributed by atoms with E-state index in [4.69, 9.17) is 4.74 Å². The van der Waals surface area contributed by atoms with Gasteiger partial charge >= 0.3 is 0 Å². The summed E-state index contributed by atoms with van der Waals surface area (Å²) >= 11 is 0. The number of rotatable bonds is 2. The lowest BCUT2D eigenvalue weighted by Gasteiger charge is -2.18. The Labute approximate surface area is 89.6 Å². The van der Waals surface area contributed by atoms with Crippen LogP contribution in [0.4, 0.5) is 4.39 Å². The number of halogens is 1. The summed E-state index contributed by atoms with van der Waals surface area (Å²) in [5.74, 6) is 0.418. The third-order valence-corrected chi connectivity index (χ3v) is 2.64. The van der Waals surface area contributed by atoms with Gasteiger partial charge in [0.05, 0.1) is 0 Å². The number of hydrogen-bond acceptors (Lipinski definition) is 1. The van der Waals surface area contributed by atoms with Gasteiger partial charge in [-0.2, -0.15) is 0 Å². The van der Waals surface area contributed by atoms with Gasteiger partial charge < -0.3 is 4.74 Å². The molecule has 0 heterocycles. The Kier molecular flexibility index (Phi) is 3.05. The summed E-state index contributed by atoms with van der Waals surface area (Å²) in [6.07, 6.45) is 7.59. The average Bonchev–Trinajstić information content (AvgIpc) is 2.25. The van der Waals surface area contributed by atoms with Crippen LogP contribution >= 0.6 is 0 Å². The minimum absolute atomic E-state index is 0.112. The summed E-state index contributed by atoms with van der Waals surface area (Å²) in [6.45, 7) is 1.75. The van der Waals surface area contributed by atoms with Gasteiger partial charge in [0.25, 0.3) is 0 Å². The van der Waals surface area contributed by atoms with Gasteiger partial charge in [0.1, 0.15) is 17.7 Å². The standard InChI is InChI=1S/C13H15FO/c1-10-7-8-12(9-13(10)14)15-11-5-3-2-4-6-11/h3,5,7-9,11H,2,4,6H2,1H3. The fourth-order valence-corrected chi connectivity index (χ4v) is 1.70. The molecule has 1 atom stereocenters. The summed E-state index contributed by atoms with van der Waals surface area (Å²) in [6, 6.07) is 5.02. The Bertz CT molecular complexity index is 371. The van der Waals surface area contributed by atoms with Gasteiger partial charge in [-0.15, -0.1) is 0 Å². The smallest absolute Gasteiger partial charge is 0.129 e. The van der Waals surface area contributed by atoms with Gasteiger partial charge in [-0.25, -0.2) is 4.39 Å². The van der Waals surface area contributed by atoms with E-state index in [2.05, 4.69) is 12.2 Å². The van der Waals surface area contributed by atoms with Crippen LogP contribution in [0, 0.1) is 12.7 Å². The summed E-state index contributed by atoms with van der Waals surface area (Å²) in [7, 11) is 0. The first-order valence-corrected chi connectivity index (χ1v) is 5.35. The molecule has 1 aliphatic rings. The molecule has 0 N–H and O–H groups in total. The predicted molar refractivity (Wildman–Crippen MR) is 58.5 cm³/mol. The Morgan fingerprint density at radius 3 is 2.93 bits per heavy atom. The molecule has 0 amide bonds. The highest BCUT2D eigenvalue weighted by molar-refractivity contribution is 5.28. The van der Waals surface area contributed by atoms with Crippen molar-refractivity contribution in [3.63, 3.8) is 0 Å². The zero-order valence-corrected chi connectivity index (χ0v) is 8.87. The van der Waals surface area contributed by atoms with Crippen molar-refractivity contribution in [2.45, 2.75) is 32.3 Å². The van der Waals surface area contributed by atoms with Crippen molar-refractivity contribution in [2.24, 2.45) is 0 Å². The van der Waals surface area contributed by atoms with E-state index < -0.39 is 0 Å². The molecule has 15 heavy (non-hydrogen) atoms. The zero-order valence-electron chi connectivity index (χ0n) is 8.87. The Hall–Kier alpha value is -1.31. The van der Waals surface area contributed by atoms with E-state index in [0.717, 1.165) is 19.3 Å². The maximum atomic E-state index is 13.2. The van der Waals surface area contributed by atoms with Crippen LogP contribution in [0.1, 0.15) is 24.8 Å². The molecule has 0 aliphatic heterocycles. The molecular formula is C13H15FO. The Morgan fingerprint density at radius 1 is 1.40 bits per heavy atom. The van der Waals surface area contributed by atoms with Gasteiger partial charge in [-0.05, 0) is 43.9 Å². The first kappa shape index (κ1) is 10.2. The molecule has 0 radical (unpaired) electrons. The molecule has 2 rings (SSSR count). The van der Waals surface area contributed by atoms with Crippen molar-refractivity contribution >= 4 is 0 Å². The molecule has 1 aromatic carbocycles. The van der Waals surface area contributed by atoms with E-state index in [1.165, 1.54) is 6.07 Å². The van der Waals surface area contributed by atoms with E-state index in [0.29, 0.717) is 11.3 Å². The van der Waals surface area contributed by atoms with Crippen LogP contribution in [-0.2, 0) is 0 Å². The summed E-state index contributed by atoms with van der Waals surface area (Å²) < 4.78 is 18.9. The van der Waals surface area contributed by atoms with E-state index in [9.17, 15) is 4.39 Å². The maximum Gasteiger partial charge on any atom is 0.129 e. The van der Waals surface area contributed by atoms with Crippen LogP contribution in [0.2, 0.25) is 0 Å². The molecule has 0 fully saturated rings. The lowest BCUT2D eigenvalue weighted by atomic mass is 10.1. The fourth-order valence-electron chi connectivity index (χ4n) is 1.70. The zero-order chi connectivity index (χ0) is 10.7. The number of benzene rings is 1. The van der Waals surface area contributed by atoms with Gasteiger partial charge in [0.15, 0.2) is 0 Å². The molecule has 0 saturated carbocycles. The van der Waals surface area contributed by atoms with Crippen LogP contribution in [0.5, 0.6) is 5.75 Å². The highest BCUT2D eigenvalue weighted by atomic mass is 19.1. The van der Waals surface area contributed by atoms with Crippen LogP contribution in [0.3, 0.4) is 0 Å². The monoisotopic (exact) mass is 206 g/mol. The summed E-state index contributed by atoms with van der Waals surface area (Å²) in [5, 5.41) is 0. The second kappa shape index (κ2) is 4.47. The molecule has 1 unspecified atom stereocenters. The maximum absolute atomic E-state index is 13.2. The van der Waals surface area contributed by atoms with Crippen LogP contribution in [0.25, 0.3) is 0 Å².